The van der Waals surface area contributed by atoms with Crippen molar-refractivity contribution in [2.24, 2.45) is 0 Å². The van der Waals surface area contributed by atoms with E-state index in [1.807, 2.05) is 78.9 Å². The zero-order valence-corrected chi connectivity index (χ0v) is 14.0. The smallest absolute Gasteiger partial charge is 0.200 e. The van der Waals surface area contributed by atoms with E-state index in [0.29, 0.717) is 11.3 Å². The van der Waals surface area contributed by atoms with Gasteiger partial charge in [0.15, 0.2) is 12.4 Å². The lowest BCUT2D eigenvalue weighted by Crippen LogP contribution is -2.11. The number of carbonyl (C=O) groups is 1. The summed E-state index contributed by atoms with van der Waals surface area (Å²) >= 11 is 3.37. The lowest BCUT2D eigenvalue weighted by atomic mass is 10.0. The van der Waals surface area contributed by atoms with Crippen LogP contribution in [0.2, 0.25) is 0 Å². The average Bonchev–Trinajstić information content (AvgIpc) is 2.62. The minimum atomic E-state index is -0.0347. The Hall–Kier alpha value is -2.39. The number of hydrogen-bond acceptors (Lipinski definition) is 2. The topological polar surface area (TPSA) is 26.3 Å². The molecular weight excluding hydrogens is 352 g/mol. The highest BCUT2D eigenvalue weighted by molar-refractivity contribution is 9.10. The number of ether oxygens (including phenoxy) is 1. The Morgan fingerprint density at radius 1 is 0.783 bits per heavy atom. The zero-order chi connectivity index (χ0) is 16.1. The van der Waals surface area contributed by atoms with Crippen molar-refractivity contribution in [1.29, 1.82) is 0 Å². The van der Waals surface area contributed by atoms with Crippen LogP contribution in [0.25, 0.3) is 11.1 Å². The van der Waals surface area contributed by atoms with Gasteiger partial charge in [-0.2, -0.15) is 0 Å². The molecule has 3 aromatic carbocycles. The second-order valence-corrected chi connectivity index (χ2v) is 6.02. The number of benzene rings is 3. The number of carbonyl (C=O) groups excluding carboxylic acids is 1. The second-order valence-electron chi connectivity index (χ2n) is 5.11. The van der Waals surface area contributed by atoms with Crippen LogP contribution in [0.1, 0.15) is 10.4 Å². The number of ketones is 1. The normalized spacial score (nSPS) is 10.3. The summed E-state index contributed by atoms with van der Waals surface area (Å²) in [4.78, 5) is 12.2. The average molecular weight is 367 g/mol. The summed E-state index contributed by atoms with van der Waals surface area (Å²) in [7, 11) is 0. The van der Waals surface area contributed by atoms with Gasteiger partial charge in [0.05, 0.1) is 0 Å². The first-order valence-corrected chi connectivity index (χ1v) is 8.09. The van der Waals surface area contributed by atoms with Crippen molar-refractivity contribution in [2.45, 2.75) is 0 Å². The lowest BCUT2D eigenvalue weighted by Gasteiger charge is -2.07. The maximum absolute atomic E-state index is 12.2. The Balaban J connectivity index is 1.65. The van der Waals surface area contributed by atoms with Crippen molar-refractivity contribution in [3.8, 4) is 16.9 Å². The Labute approximate surface area is 143 Å². The third-order valence-electron chi connectivity index (χ3n) is 3.50. The molecular formula is C20H15BrO2. The van der Waals surface area contributed by atoms with Gasteiger partial charge < -0.3 is 4.74 Å². The van der Waals surface area contributed by atoms with Crippen molar-refractivity contribution in [3.63, 3.8) is 0 Å². The summed E-state index contributed by atoms with van der Waals surface area (Å²) in [6.45, 7) is 0.0340. The molecule has 0 bridgehead atoms. The molecule has 0 amide bonds. The van der Waals surface area contributed by atoms with Crippen LogP contribution in [0.15, 0.2) is 83.3 Å². The molecule has 0 radical (unpaired) electrons. The number of Topliss-reactive ketones (excluding diaryl/α,β-unsaturated/α-hetero) is 1. The fraction of sp³-hybridized carbons (Fsp3) is 0.0500. The van der Waals surface area contributed by atoms with Crippen LogP contribution in [-0.4, -0.2) is 12.4 Å². The van der Waals surface area contributed by atoms with E-state index in [2.05, 4.69) is 15.9 Å². The maximum atomic E-state index is 12.2. The zero-order valence-electron chi connectivity index (χ0n) is 12.4. The van der Waals surface area contributed by atoms with Crippen molar-refractivity contribution >= 4 is 21.7 Å². The number of rotatable bonds is 5. The van der Waals surface area contributed by atoms with E-state index in [1.165, 1.54) is 0 Å². The van der Waals surface area contributed by atoms with Crippen LogP contribution in [-0.2, 0) is 0 Å². The van der Waals surface area contributed by atoms with Gasteiger partial charge in [-0.3, -0.25) is 4.79 Å². The molecule has 0 aliphatic heterocycles. The Bertz CT molecular complexity index is 778. The summed E-state index contributed by atoms with van der Waals surface area (Å²) in [5.41, 5.74) is 2.88. The molecule has 0 atom stereocenters. The van der Waals surface area contributed by atoms with Gasteiger partial charge >= 0.3 is 0 Å². The van der Waals surface area contributed by atoms with E-state index < -0.39 is 0 Å². The molecule has 0 aliphatic carbocycles. The molecule has 0 heterocycles. The van der Waals surface area contributed by atoms with Crippen molar-refractivity contribution in [3.05, 3.63) is 88.9 Å². The minimum Gasteiger partial charge on any atom is -0.485 e. The molecule has 3 heteroatoms. The van der Waals surface area contributed by atoms with Gasteiger partial charge in [0.2, 0.25) is 0 Å². The molecule has 3 rings (SSSR count). The monoisotopic (exact) mass is 366 g/mol. The summed E-state index contributed by atoms with van der Waals surface area (Å²) in [6, 6.07) is 25.1. The molecule has 0 N–H and O–H groups in total. The maximum Gasteiger partial charge on any atom is 0.200 e. The molecule has 0 saturated carbocycles. The standard InChI is InChI=1S/C20H15BrO2/c21-18-10-12-19(13-11-18)23-14-20(22)17-8-6-16(7-9-17)15-4-2-1-3-5-15/h1-13H,14H2. The molecule has 0 unspecified atom stereocenters. The fourth-order valence-electron chi connectivity index (χ4n) is 2.24. The lowest BCUT2D eigenvalue weighted by molar-refractivity contribution is 0.0921. The van der Waals surface area contributed by atoms with E-state index in [-0.39, 0.29) is 12.4 Å². The van der Waals surface area contributed by atoms with Crippen LogP contribution in [0, 0.1) is 0 Å². The van der Waals surface area contributed by atoms with E-state index in [9.17, 15) is 4.79 Å². The molecule has 3 aromatic rings. The molecule has 23 heavy (non-hydrogen) atoms. The van der Waals surface area contributed by atoms with E-state index in [0.717, 1.165) is 15.6 Å². The van der Waals surface area contributed by atoms with Gasteiger partial charge in [0.25, 0.3) is 0 Å². The molecule has 0 fully saturated rings. The molecule has 0 saturated heterocycles. The fourth-order valence-corrected chi connectivity index (χ4v) is 2.51. The highest BCUT2D eigenvalue weighted by Gasteiger charge is 2.07. The first-order valence-electron chi connectivity index (χ1n) is 7.29. The molecule has 0 aliphatic rings. The van der Waals surface area contributed by atoms with E-state index >= 15 is 0 Å². The largest absolute Gasteiger partial charge is 0.485 e. The van der Waals surface area contributed by atoms with Crippen LogP contribution in [0.3, 0.4) is 0 Å². The van der Waals surface area contributed by atoms with Crippen molar-refractivity contribution in [2.75, 3.05) is 6.61 Å². The number of hydrogen-bond donors (Lipinski definition) is 0. The van der Waals surface area contributed by atoms with Gasteiger partial charge in [0.1, 0.15) is 5.75 Å². The highest BCUT2D eigenvalue weighted by Crippen LogP contribution is 2.20. The van der Waals surface area contributed by atoms with Gasteiger partial charge in [-0.05, 0) is 35.4 Å². The first kappa shape index (κ1) is 15.5. The van der Waals surface area contributed by atoms with Crippen molar-refractivity contribution in [1.82, 2.24) is 0 Å². The van der Waals surface area contributed by atoms with Gasteiger partial charge in [0, 0.05) is 10.0 Å². The van der Waals surface area contributed by atoms with Crippen molar-refractivity contribution < 1.29 is 9.53 Å². The predicted octanol–water partition coefficient (Wildman–Crippen LogP) is 5.38. The molecule has 114 valence electrons. The van der Waals surface area contributed by atoms with Gasteiger partial charge in [-0.15, -0.1) is 0 Å². The van der Waals surface area contributed by atoms with Gasteiger partial charge in [-0.1, -0.05) is 70.5 Å². The quantitative estimate of drug-likeness (QED) is 0.566. The van der Waals surface area contributed by atoms with Crippen LogP contribution >= 0.6 is 15.9 Å². The third-order valence-corrected chi connectivity index (χ3v) is 4.03. The Morgan fingerprint density at radius 3 is 2.04 bits per heavy atom. The summed E-state index contributed by atoms with van der Waals surface area (Å²) in [5, 5.41) is 0. The van der Waals surface area contributed by atoms with Crippen LogP contribution < -0.4 is 4.74 Å². The van der Waals surface area contributed by atoms with E-state index in [4.69, 9.17) is 4.74 Å². The molecule has 0 spiro atoms. The van der Waals surface area contributed by atoms with Gasteiger partial charge in [-0.25, -0.2) is 0 Å². The predicted molar refractivity (Wildman–Crippen MR) is 95.8 cm³/mol. The van der Waals surface area contributed by atoms with Crippen LogP contribution in [0.4, 0.5) is 0 Å². The summed E-state index contributed by atoms with van der Waals surface area (Å²) < 4.78 is 6.50. The first-order chi connectivity index (χ1) is 11.2. The summed E-state index contributed by atoms with van der Waals surface area (Å²) in [6.07, 6.45) is 0. The highest BCUT2D eigenvalue weighted by atomic mass is 79.9. The van der Waals surface area contributed by atoms with E-state index in [1.54, 1.807) is 0 Å². The Morgan fingerprint density at radius 2 is 1.39 bits per heavy atom. The SMILES string of the molecule is O=C(COc1ccc(Br)cc1)c1ccc(-c2ccccc2)cc1. The molecule has 2 nitrogen and oxygen atoms in total. The summed E-state index contributed by atoms with van der Waals surface area (Å²) in [5.74, 6) is 0.648. The molecule has 0 aromatic heterocycles. The second kappa shape index (κ2) is 7.25. The van der Waals surface area contributed by atoms with Crippen LogP contribution in [0.5, 0.6) is 5.75 Å². The minimum absolute atomic E-state index is 0.0340. The third kappa shape index (κ3) is 4.08. The Kier molecular flexibility index (Phi) is 4.89. The number of halogens is 1.